The average molecular weight is 299 g/mol. The molecule has 1 heterocycles. The van der Waals surface area contributed by atoms with Crippen molar-refractivity contribution in [2.75, 3.05) is 0 Å². The standard InChI is InChI=1S/C17H21N3O2/c1-11-5-7-16(8-6-11)20-12(2)9-15(13(20)3)10-18-19-17(22)14(4)21/h5-10,14,21H,1-4H3,(H,19,22)/b18-10-/t14-/m1/s1. The van der Waals surface area contributed by atoms with E-state index in [1.54, 1.807) is 6.21 Å². The van der Waals surface area contributed by atoms with Gasteiger partial charge in [0.15, 0.2) is 0 Å². The van der Waals surface area contributed by atoms with E-state index in [-0.39, 0.29) is 0 Å². The highest BCUT2D eigenvalue weighted by atomic mass is 16.3. The van der Waals surface area contributed by atoms with Crippen LogP contribution in [0.25, 0.3) is 5.69 Å². The summed E-state index contributed by atoms with van der Waals surface area (Å²) < 4.78 is 2.14. The summed E-state index contributed by atoms with van der Waals surface area (Å²) in [6.07, 6.45) is 0.518. The highest BCUT2D eigenvalue weighted by molar-refractivity contribution is 5.85. The zero-order chi connectivity index (χ0) is 16.3. The highest BCUT2D eigenvalue weighted by Gasteiger charge is 2.10. The molecule has 5 nitrogen and oxygen atoms in total. The third-order valence-electron chi connectivity index (χ3n) is 3.52. The van der Waals surface area contributed by atoms with Crippen molar-refractivity contribution < 1.29 is 9.90 Å². The summed E-state index contributed by atoms with van der Waals surface area (Å²) in [7, 11) is 0. The minimum atomic E-state index is -1.07. The second kappa shape index (κ2) is 6.58. The van der Waals surface area contributed by atoms with E-state index in [1.165, 1.54) is 12.5 Å². The number of hydrogen-bond acceptors (Lipinski definition) is 3. The van der Waals surface area contributed by atoms with Crippen LogP contribution in [0.2, 0.25) is 0 Å². The number of hydrazone groups is 1. The van der Waals surface area contributed by atoms with Gasteiger partial charge in [0.05, 0.1) is 6.21 Å². The van der Waals surface area contributed by atoms with Gasteiger partial charge in [-0.15, -0.1) is 0 Å². The topological polar surface area (TPSA) is 66.6 Å². The van der Waals surface area contributed by atoms with Crippen molar-refractivity contribution in [2.45, 2.75) is 33.8 Å². The largest absolute Gasteiger partial charge is 0.383 e. The molecule has 2 aromatic rings. The fourth-order valence-corrected chi connectivity index (χ4v) is 2.27. The third-order valence-corrected chi connectivity index (χ3v) is 3.52. The first-order chi connectivity index (χ1) is 10.4. The van der Waals surface area contributed by atoms with E-state index in [2.05, 4.69) is 46.3 Å². The van der Waals surface area contributed by atoms with E-state index >= 15 is 0 Å². The fourth-order valence-electron chi connectivity index (χ4n) is 2.27. The Hall–Kier alpha value is -2.40. The number of carbonyl (C=O) groups excluding carboxylic acids is 1. The molecule has 116 valence electrons. The van der Waals surface area contributed by atoms with Crippen LogP contribution in [0, 0.1) is 20.8 Å². The zero-order valence-corrected chi connectivity index (χ0v) is 13.3. The number of aliphatic hydroxyl groups is 1. The summed E-state index contributed by atoms with van der Waals surface area (Å²) in [5.41, 5.74) is 7.66. The van der Waals surface area contributed by atoms with Crippen molar-refractivity contribution in [3.05, 3.63) is 52.8 Å². The molecule has 2 rings (SSSR count). The van der Waals surface area contributed by atoms with Crippen LogP contribution in [-0.2, 0) is 4.79 Å². The lowest BCUT2D eigenvalue weighted by Crippen LogP contribution is -2.28. The number of aliphatic hydroxyl groups excluding tert-OH is 1. The predicted molar refractivity (Wildman–Crippen MR) is 87.4 cm³/mol. The molecule has 22 heavy (non-hydrogen) atoms. The number of aryl methyl sites for hydroxylation is 2. The first-order valence-electron chi connectivity index (χ1n) is 7.17. The molecule has 1 atom stereocenters. The van der Waals surface area contributed by atoms with E-state index in [9.17, 15) is 4.79 Å². The minimum Gasteiger partial charge on any atom is -0.383 e. The maximum atomic E-state index is 11.3. The number of nitrogens with zero attached hydrogens (tertiary/aromatic N) is 2. The minimum absolute atomic E-state index is 0.524. The van der Waals surface area contributed by atoms with Gasteiger partial charge in [0.25, 0.3) is 5.91 Å². The Labute approximate surface area is 130 Å². The summed E-state index contributed by atoms with van der Waals surface area (Å²) in [4.78, 5) is 11.3. The van der Waals surface area contributed by atoms with Gasteiger partial charge in [0, 0.05) is 22.6 Å². The summed E-state index contributed by atoms with van der Waals surface area (Å²) in [5.74, 6) is -0.524. The second-order valence-corrected chi connectivity index (χ2v) is 5.41. The molecule has 0 unspecified atom stereocenters. The van der Waals surface area contributed by atoms with E-state index in [0.29, 0.717) is 0 Å². The number of aromatic nitrogens is 1. The van der Waals surface area contributed by atoms with Crippen molar-refractivity contribution in [3.63, 3.8) is 0 Å². The Bertz CT molecular complexity index is 697. The van der Waals surface area contributed by atoms with Crippen LogP contribution >= 0.6 is 0 Å². The maximum absolute atomic E-state index is 11.3. The van der Waals surface area contributed by atoms with Crippen LogP contribution in [0.15, 0.2) is 35.4 Å². The average Bonchev–Trinajstić information content (AvgIpc) is 2.74. The SMILES string of the molecule is Cc1ccc(-n2c(C)cc(/C=N\NC(=O)[C@@H](C)O)c2C)cc1. The first-order valence-corrected chi connectivity index (χ1v) is 7.17. The van der Waals surface area contributed by atoms with Gasteiger partial charge in [-0.1, -0.05) is 17.7 Å². The second-order valence-electron chi connectivity index (χ2n) is 5.41. The zero-order valence-electron chi connectivity index (χ0n) is 13.3. The Balaban J connectivity index is 2.26. The van der Waals surface area contributed by atoms with Crippen LogP contribution in [0.5, 0.6) is 0 Å². The smallest absolute Gasteiger partial charge is 0.268 e. The lowest BCUT2D eigenvalue weighted by atomic mass is 10.2. The van der Waals surface area contributed by atoms with Gasteiger partial charge in [-0.25, -0.2) is 5.43 Å². The molecule has 0 saturated heterocycles. The van der Waals surface area contributed by atoms with Crippen LogP contribution in [0.4, 0.5) is 0 Å². The number of rotatable bonds is 4. The number of carbonyl (C=O) groups is 1. The first kappa shape index (κ1) is 16.0. The van der Waals surface area contributed by atoms with Crippen molar-refractivity contribution in [3.8, 4) is 5.69 Å². The lowest BCUT2D eigenvalue weighted by Gasteiger charge is -2.09. The van der Waals surface area contributed by atoms with Gasteiger partial charge in [-0.3, -0.25) is 4.79 Å². The predicted octanol–water partition coefficient (Wildman–Crippen LogP) is 2.23. The van der Waals surface area contributed by atoms with Gasteiger partial charge in [0.1, 0.15) is 6.10 Å². The Morgan fingerprint density at radius 2 is 1.91 bits per heavy atom. The summed E-state index contributed by atoms with van der Waals surface area (Å²) in [6, 6.07) is 10.3. The Kier molecular flexibility index (Phi) is 4.78. The number of benzene rings is 1. The summed E-state index contributed by atoms with van der Waals surface area (Å²) >= 11 is 0. The number of amides is 1. The van der Waals surface area contributed by atoms with Gasteiger partial charge in [-0.2, -0.15) is 5.10 Å². The molecule has 0 bridgehead atoms. The maximum Gasteiger partial charge on any atom is 0.268 e. The lowest BCUT2D eigenvalue weighted by molar-refractivity contribution is -0.128. The van der Waals surface area contributed by atoms with E-state index in [1.807, 2.05) is 19.9 Å². The Morgan fingerprint density at radius 3 is 2.50 bits per heavy atom. The van der Waals surface area contributed by atoms with Gasteiger partial charge in [-0.05, 0) is 45.9 Å². The van der Waals surface area contributed by atoms with Crippen molar-refractivity contribution in [1.82, 2.24) is 9.99 Å². The molecule has 0 aliphatic carbocycles. The van der Waals surface area contributed by atoms with E-state index in [0.717, 1.165) is 22.6 Å². The van der Waals surface area contributed by atoms with Crippen LogP contribution < -0.4 is 5.43 Å². The molecule has 0 spiro atoms. The molecular weight excluding hydrogens is 278 g/mol. The quantitative estimate of drug-likeness (QED) is 0.671. The normalized spacial score (nSPS) is 12.6. The van der Waals surface area contributed by atoms with Crippen LogP contribution in [0.3, 0.4) is 0 Å². The number of hydrogen-bond donors (Lipinski definition) is 2. The fraction of sp³-hybridized carbons (Fsp3) is 0.294. The summed E-state index contributed by atoms with van der Waals surface area (Å²) in [6.45, 7) is 7.49. The van der Waals surface area contributed by atoms with Gasteiger partial charge in [0.2, 0.25) is 0 Å². The molecule has 5 heteroatoms. The van der Waals surface area contributed by atoms with Gasteiger partial charge < -0.3 is 9.67 Å². The molecule has 0 fully saturated rings. The van der Waals surface area contributed by atoms with Crippen molar-refractivity contribution in [2.24, 2.45) is 5.10 Å². The monoisotopic (exact) mass is 299 g/mol. The molecule has 0 radical (unpaired) electrons. The number of nitrogens with one attached hydrogen (secondary N) is 1. The van der Waals surface area contributed by atoms with E-state index < -0.39 is 12.0 Å². The van der Waals surface area contributed by atoms with Crippen LogP contribution in [0.1, 0.15) is 29.4 Å². The molecular formula is C17H21N3O2. The molecule has 0 aliphatic heterocycles. The molecule has 1 aromatic heterocycles. The summed E-state index contributed by atoms with van der Waals surface area (Å²) in [5, 5.41) is 13.0. The molecule has 0 aliphatic rings. The van der Waals surface area contributed by atoms with Crippen molar-refractivity contribution >= 4 is 12.1 Å². The van der Waals surface area contributed by atoms with Gasteiger partial charge >= 0.3 is 0 Å². The molecule has 1 amide bonds. The molecule has 0 saturated carbocycles. The van der Waals surface area contributed by atoms with Crippen LogP contribution in [-0.4, -0.2) is 27.9 Å². The van der Waals surface area contributed by atoms with Crippen molar-refractivity contribution in [1.29, 1.82) is 0 Å². The third kappa shape index (κ3) is 3.43. The van der Waals surface area contributed by atoms with E-state index in [4.69, 9.17) is 5.11 Å². The Morgan fingerprint density at radius 1 is 1.27 bits per heavy atom. The molecule has 1 aromatic carbocycles. The highest BCUT2D eigenvalue weighted by Crippen LogP contribution is 2.20. The molecule has 2 N–H and O–H groups in total.